The first-order valence-corrected chi connectivity index (χ1v) is 9.38. The summed E-state index contributed by atoms with van der Waals surface area (Å²) in [6.45, 7) is 4.10. The van der Waals surface area contributed by atoms with E-state index in [9.17, 15) is 9.59 Å². The lowest BCUT2D eigenvalue weighted by atomic mass is 9.78. The fourth-order valence-electron chi connectivity index (χ4n) is 3.81. The number of nitrogens with zero attached hydrogens (tertiary/aromatic N) is 1. The minimum Gasteiger partial charge on any atom is -0.457 e. The van der Waals surface area contributed by atoms with Crippen LogP contribution in [0.5, 0.6) is 11.5 Å². The largest absolute Gasteiger partial charge is 0.457 e. The molecule has 2 aliphatic rings. The van der Waals surface area contributed by atoms with Gasteiger partial charge in [0.15, 0.2) is 0 Å². The number of rotatable bonds is 3. The Labute approximate surface area is 163 Å². The maximum Gasteiger partial charge on any atom is 0.238 e. The van der Waals surface area contributed by atoms with Crippen LogP contribution in [-0.4, -0.2) is 11.8 Å². The van der Waals surface area contributed by atoms with Gasteiger partial charge in [-0.2, -0.15) is 0 Å². The highest BCUT2D eigenvalue weighted by atomic mass is 35.5. The minimum absolute atomic E-state index is 0.0942. The topological polar surface area (TPSA) is 46.6 Å². The number of ether oxygens (including phenoxy) is 1. The summed E-state index contributed by atoms with van der Waals surface area (Å²) in [6.07, 6.45) is 1.35. The summed E-state index contributed by atoms with van der Waals surface area (Å²) in [6, 6.07) is 14.1. The molecular weight excluding hydrogens is 362 g/mol. The van der Waals surface area contributed by atoms with Crippen LogP contribution in [0.3, 0.4) is 0 Å². The zero-order valence-corrected chi connectivity index (χ0v) is 16.0. The molecule has 5 heteroatoms. The molecule has 0 bridgehead atoms. The van der Waals surface area contributed by atoms with Gasteiger partial charge >= 0.3 is 0 Å². The second-order valence-electron chi connectivity index (χ2n) is 7.24. The van der Waals surface area contributed by atoms with Crippen molar-refractivity contribution in [3.05, 3.63) is 64.7 Å². The third-order valence-electron chi connectivity index (χ3n) is 5.49. The molecule has 1 heterocycles. The Balaban J connectivity index is 1.53. The predicted molar refractivity (Wildman–Crippen MR) is 105 cm³/mol. The average Bonchev–Trinajstić information content (AvgIpc) is 2.89. The second-order valence-corrected chi connectivity index (χ2v) is 7.68. The van der Waals surface area contributed by atoms with E-state index in [0.29, 0.717) is 35.1 Å². The molecule has 0 saturated carbocycles. The molecule has 1 aliphatic heterocycles. The summed E-state index contributed by atoms with van der Waals surface area (Å²) in [4.78, 5) is 27.0. The van der Waals surface area contributed by atoms with Crippen molar-refractivity contribution >= 4 is 29.1 Å². The van der Waals surface area contributed by atoms with Gasteiger partial charge in [0.2, 0.25) is 11.8 Å². The van der Waals surface area contributed by atoms with Gasteiger partial charge in [-0.05, 0) is 75.2 Å². The number of fused-ring (bicyclic) bond motifs is 1. The lowest BCUT2D eigenvalue weighted by molar-refractivity contribution is -0.122. The normalized spacial score (nSPS) is 22.3. The lowest BCUT2D eigenvalue weighted by Gasteiger charge is -2.23. The van der Waals surface area contributed by atoms with Gasteiger partial charge in [0.1, 0.15) is 11.5 Å². The quantitative estimate of drug-likeness (QED) is 0.530. The van der Waals surface area contributed by atoms with Crippen LogP contribution in [-0.2, 0) is 9.59 Å². The van der Waals surface area contributed by atoms with Crippen molar-refractivity contribution in [1.82, 2.24) is 0 Å². The van der Waals surface area contributed by atoms with Crippen LogP contribution >= 0.6 is 11.6 Å². The highest BCUT2D eigenvalue weighted by Crippen LogP contribution is 2.42. The van der Waals surface area contributed by atoms with Gasteiger partial charge in [0.05, 0.1) is 17.5 Å². The molecule has 138 valence electrons. The number of hydrogen-bond acceptors (Lipinski definition) is 3. The van der Waals surface area contributed by atoms with Crippen molar-refractivity contribution in [2.45, 2.75) is 26.7 Å². The molecule has 2 atom stereocenters. The first-order chi connectivity index (χ1) is 12.9. The van der Waals surface area contributed by atoms with Crippen molar-refractivity contribution in [1.29, 1.82) is 0 Å². The fourth-order valence-corrected chi connectivity index (χ4v) is 3.93. The average molecular weight is 382 g/mol. The summed E-state index contributed by atoms with van der Waals surface area (Å²) < 4.78 is 5.77. The van der Waals surface area contributed by atoms with E-state index in [-0.39, 0.29) is 23.7 Å². The van der Waals surface area contributed by atoms with Crippen molar-refractivity contribution in [2.75, 3.05) is 4.90 Å². The molecule has 1 aliphatic carbocycles. The smallest absolute Gasteiger partial charge is 0.238 e. The fraction of sp³-hybridized carbons (Fsp3) is 0.273. The molecular formula is C22H20ClNO3. The summed E-state index contributed by atoms with van der Waals surface area (Å²) in [7, 11) is 0. The first kappa shape index (κ1) is 17.8. The van der Waals surface area contributed by atoms with Crippen LogP contribution in [0.2, 0.25) is 5.02 Å². The number of carbonyl (C=O) groups is 2. The number of carbonyl (C=O) groups excluding carboxylic acids is 2. The Hall–Kier alpha value is -2.59. The summed E-state index contributed by atoms with van der Waals surface area (Å²) in [5.41, 5.74) is 3.05. The van der Waals surface area contributed by atoms with E-state index in [1.54, 1.807) is 48.5 Å². The van der Waals surface area contributed by atoms with E-state index in [0.717, 1.165) is 0 Å². The Morgan fingerprint density at radius 2 is 1.26 bits per heavy atom. The van der Waals surface area contributed by atoms with Gasteiger partial charge < -0.3 is 4.74 Å². The molecule has 4 nitrogen and oxygen atoms in total. The maximum absolute atomic E-state index is 12.8. The summed E-state index contributed by atoms with van der Waals surface area (Å²) >= 11 is 5.88. The highest BCUT2D eigenvalue weighted by molar-refractivity contribution is 6.30. The summed E-state index contributed by atoms with van der Waals surface area (Å²) in [5.74, 6) is 0.651. The Bertz CT molecular complexity index is 899. The summed E-state index contributed by atoms with van der Waals surface area (Å²) in [5, 5.41) is 0.644. The van der Waals surface area contributed by atoms with Gasteiger partial charge in [0, 0.05) is 5.02 Å². The number of halogens is 1. The molecule has 0 spiro atoms. The van der Waals surface area contributed by atoms with E-state index in [1.165, 1.54) is 16.0 Å². The Kier molecular flexibility index (Phi) is 4.52. The number of benzene rings is 2. The van der Waals surface area contributed by atoms with E-state index in [1.807, 2.05) is 0 Å². The molecule has 0 radical (unpaired) electrons. The van der Waals surface area contributed by atoms with E-state index in [2.05, 4.69) is 13.8 Å². The van der Waals surface area contributed by atoms with E-state index >= 15 is 0 Å². The SMILES string of the molecule is CC1=C(C)C[C@H]2C(=O)N(c3ccc(Oc4ccc(Cl)cc4)cc3)C(=O)[C@@H]2C1. The molecule has 1 fully saturated rings. The molecule has 4 rings (SSSR count). The first-order valence-electron chi connectivity index (χ1n) is 9.00. The van der Waals surface area contributed by atoms with Crippen LogP contribution < -0.4 is 9.64 Å². The van der Waals surface area contributed by atoms with Crippen molar-refractivity contribution in [3.63, 3.8) is 0 Å². The molecule has 27 heavy (non-hydrogen) atoms. The van der Waals surface area contributed by atoms with Gasteiger partial charge in [-0.3, -0.25) is 14.5 Å². The van der Waals surface area contributed by atoms with Crippen LogP contribution in [0, 0.1) is 11.8 Å². The van der Waals surface area contributed by atoms with Gasteiger partial charge in [-0.1, -0.05) is 22.7 Å². The molecule has 2 aromatic rings. The monoisotopic (exact) mass is 381 g/mol. The van der Waals surface area contributed by atoms with Crippen molar-refractivity contribution in [3.8, 4) is 11.5 Å². The minimum atomic E-state index is -0.230. The zero-order chi connectivity index (χ0) is 19.1. The maximum atomic E-state index is 12.8. The molecule has 2 amide bonds. The van der Waals surface area contributed by atoms with Gasteiger partial charge in [0.25, 0.3) is 0 Å². The van der Waals surface area contributed by atoms with Crippen LogP contribution in [0.25, 0.3) is 0 Å². The van der Waals surface area contributed by atoms with E-state index in [4.69, 9.17) is 16.3 Å². The highest BCUT2D eigenvalue weighted by Gasteiger charge is 2.49. The number of imide groups is 1. The van der Waals surface area contributed by atoms with Gasteiger partial charge in [-0.25, -0.2) is 0 Å². The number of allylic oxidation sites excluding steroid dienone is 2. The predicted octanol–water partition coefficient (Wildman–Crippen LogP) is 5.37. The molecule has 0 N–H and O–H groups in total. The standard InChI is InChI=1S/C22H20ClNO3/c1-13-11-19-20(12-14(13)2)22(26)24(21(19)25)16-5-9-18(10-6-16)27-17-7-3-15(23)4-8-17/h3-10,19-20H,11-12H2,1-2H3/t19-,20-/m1/s1. The van der Waals surface area contributed by atoms with E-state index < -0.39 is 0 Å². The zero-order valence-electron chi connectivity index (χ0n) is 15.2. The Morgan fingerprint density at radius 3 is 1.74 bits per heavy atom. The second kappa shape index (κ2) is 6.86. The van der Waals surface area contributed by atoms with Crippen LogP contribution in [0.4, 0.5) is 5.69 Å². The lowest BCUT2D eigenvalue weighted by Crippen LogP contribution is -2.30. The number of anilines is 1. The van der Waals surface area contributed by atoms with Crippen molar-refractivity contribution < 1.29 is 14.3 Å². The molecule has 0 aromatic heterocycles. The van der Waals surface area contributed by atoms with Crippen LogP contribution in [0.1, 0.15) is 26.7 Å². The van der Waals surface area contributed by atoms with Crippen molar-refractivity contribution in [2.24, 2.45) is 11.8 Å². The third kappa shape index (κ3) is 3.26. The van der Waals surface area contributed by atoms with Gasteiger partial charge in [-0.15, -0.1) is 0 Å². The third-order valence-corrected chi connectivity index (χ3v) is 5.74. The Morgan fingerprint density at radius 1 is 0.815 bits per heavy atom. The molecule has 2 aromatic carbocycles. The van der Waals surface area contributed by atoms with Crippen LogP contribution in [0.15, 0.2) is 59.7 Å². The number of hydrogen-bond donors (Lipinski definition) is 0. The molecule has 1 saturated heterocycles. The molecule has 0 unspecified atom stereocenters. The number of amides is 2.